The van der Waals surface area contributed by atoms with Crippen LogP contribution < -0.4 is 0 Å². The van der Waals surface area contributed by atoms with Crippen LogP contribution in [0, 0.1) is 4.91 Å². The lowest BCUT2D eigenvalue weighted by molar-refractivity contribution is 0.318. The molecule has 0 rings (SSSR count). The summed E-state index contributed by atoms with van der Waals surface area (Å²) in [6.07, 6.45) is 1.07. The normalized spacial score (nSPS) is 12.2. The van der Waals surface area contributed by atoms with Gasteiger partial charge in [0.25, 0.3) is 0 Å². The molecule has 0 aromatic heterocycles. The van der Waals surface area contributed by atoms with E-state index in [1.165, 1.54) is 0 Å². The van der Waals surface area contributed by atoms with Crippen LogP contribution in [0.25, 0.3) is 0 Å². The van der Waals surface area contributed by atoms with Gasteiger partial charge in [0, 0.05) is 0 Å². The van der Waals surface area contributed by atoms with Crippen molar-refractivity contribution in [3.63, 3.8) is 0 Å². The van der Waals surface area contributed by atoms with Gasteiger partial charge in [-0.3, -0.25) is 0 Å². The number of nitrogens with zero attached hydrogens (tertiary/aromatic N) is 2. The average Bonchev–Trinajstić information content (AvgIpc) is 1.67. The minimum absolute atomic E-state index is 0.880. The van der Waals surface area contributed by atoms with Gasteiger partial charge < -0.3 is 5.21 Å². The van der Waals surface area contributed by atoms with Gasteiger partial charge >= 0.3 is 0 Å². The van der Waals surface area contributed by atoms with Crippen molar-refractivity contribution in [2.45, 2.75) is 19.4 Å². The van der Waals surface area contributed by atoms with Gasteiger partial charge in [-0.05, 0) is 13.8 Å². The van der Waals surface area contributed by atoms with E-state index in [1.807, 2.05) is 0 Å². The molecule has 0 fully saturated rings. The van der Waals surface area contributed by atoms with E-state index in [2.05, 4.69) is 10.3 Å². The lowest BCUT2D eigenvalue weighted by Crippen LogP contribution is -2.16. The van der Waals surface area contributed by atoms with Crippen molar-refractivity contribution in [3.05, 3.63) is 4.91 Å². The topological polar surface area (TPSA) is 62.0 Å². The third-order valence-corrected chi connectivity index (χ3v) is 0.609. The summed E-state index contributed by atoms with van der Waals surface area (Å²) in [6.45, 7) is 3.08. The summed E-state index contributed by atoms with van der Waals surface area (Å²) in [7, 11) is 0. The molecule has 0 bridgehead atoms. The fraction of sp³-hybridized carbons (Fsp3) is 0.750. The van der Waals surface area contributed by atoms with E-state index in [9.17, 15) is 4.91 Å². The van der Waals surface area contributed by atoms with Crippen LogP contribution in [0.3, 0.4) is 0 Å². The van der Waals surface area contributed by atoms with E-state index < -0.39 is 5.54 Å². The highest BCUT2D eigenvalue weighted by Crippen LogP contribution is 2.02. The standard InChI is InChI=1S/C4H8N2O2/c1-4(2,6-8)3-5-7/h3,7H,1-2H3. The maximum atomic E-state index is 9.76. The second-order valence-electron chi connectivity index (χ2n) is 1.99. The fourth-order valence-corrected chi connectivity index (χ4v) is 0.165. The molecule has 4 heteroatoms. The van der Waals surface area contributed by atoms with Gasteiger partial charge in [0.15, 0.2) is 0 Å². The molecule has 0 aliphatic heterocycles. The quantitative estimate of drug-likeness (QED) is 0.253. The number of hydrogen-bond donors (Lipinski definition) is 1. The Morgan fingerprint density at radius 3 is 2.25 bits per heavy atom. The van der Waals surface area contributed by atoms with Crippen molar-refractivity contribution < 1.29 is 5.21 Å². The van der Waals surface area contributed by atoms with E-state index in [0.29, 0.717) is 0 Å². The Balaban J connectivity index is 3.90. The molecule has 0 aliphatic rings. The predicted molar refractivity (Wildman–Crippen MR) is 30.2 cm³/mol. The lowest BCUT2D eigenvalue weighted by Gasteiger charge is -2.03. The molecule has 0 aliphatic carbocycles. The van der Waals surface area contributed by atoms with Gasteiger partial charge in [0.05, 0.1) is 6.21 Å². The summed E-state index contributed by atoms with van der Waals surface area (Å²) >= 11 is 0. The van der Waals surface area contributed by atoms with Crippen LogP contribution >= 0.6 is 0 Å². The van der Waals surface area contributed by atoms with E-state index in [1.54, 1.807) is 13.8 Å². The van der Waals surface area contributed by atoms with Gasteiger partial charge in [0.2, 0.25) is 0 Å². The molecule has 46 valence electrons. The number of rotatable bonds is 2. The maximum absolute atomic E-state index is 9.76. The van der Waals surface area contributed by atoms with Crippen LogP contribution in [0.5, 0.6) is 0 Å². The summed E-state index contributed by atoms with van der Waals surface area (Å²) in [5, 5.41) is 13.2. The molecule has 0 unspecified atom stereocenters. The molecular formula is C4H8N2O2. The van der Waals surface area contributed by atoms with Crippen LogP contribution in [-0.2, 0) is 0 Å². The Morgan fingerprint density at radius 1 is 1.62 bits per heavy atom. The summed E-state index contributed by atoms with van der Waals surface area (Å²) in [6, 6.07) is 0. The first-order valence-corrected chi connectivity index (χ1v) is 2.15. The summed E-state index contributed by atoms with van der Waals surface area (Å²) < 4.78 is 0. The highest BCUT2D eigenvalue weighted by Gasteiger charge is 2.13. The highest BCUT2D eigenvalue weighted by molar-refractivity contribution is 5.68. The largest absolute Gasteiger partial charge is 0.411 e. The summed E-state index contributed by atoms with van der Waals surface area (Å²) in [5.74, 6) is 0. The zero-order valence-electron chi connectivity index (χ0n) is 4.83. The molecule has 8 heavy (non-hydrogen) atoms. The third-order valence-electron chi connectivity index (χ3n) is 0.609. The number of hydrogen-bond acceptors (Lipinski definition) is 4. The molecule has 0 aromatic rings. The second kappa shape index (κ2) is 2.40. The molecule has 1 N–H and O–H groups in total. The molecule has 0 radical (unpaired) electrons. The van der Waals surface area contributed by atoms with Crippen LogP contribution in [0.2, 0.25) is 0 Å². The predicted octanol–water partition coefficient (Wildman–Crippen LogP) is 0.991. The first-order chi connectivity index (χ1) is 3.62. The van der Waals surface area contributed by atoms with Crippen molar-refractivity contribution in [3.8, 4) is 0 Å². The molecule has 0 spiro atoms. The van der Waals surface area contributed by atoms with E-state index >= 15 is 0 Å². The summed E-state index contributed by atoms with van der Waals surface area (Å²) in [4.78, 5) is 9.76. The molecule has 0 amide bonds. The summed E-state index contributed by atoms with van der Waals surface area (Å²) in [5.41, 5.74) is -0.880. The van der Waals surface area contributed by atoms with Crippen LogP contribution in [0.15, 0.2) is 10.3 Å². The Hall–Kier alpha value is -0.930. The van der Waals surface area contributed by atoms with Crippen molar-refractivity contribution in [2.75, 3.05) is 0 Å². The minimum Gasteiger partial charge on any atom is -0.411 e. The maximum Gasteiger partial charge on any atom is 0.135 e. The lowest BCUT2D eigenvalue weighted by atomic mass is 10.1. The Labute approximate surface area is 47.2 Å². The van der Waals surface area contributed by atoms with E-state index in [0.717, 1.165) is 6.21 Å². The zero-order chi connectivity index (χ0) is 6.62. The molecule has 0 aromatic carbocycles. The van der Waals surface area contributed by atoms with Crippen molar-refractivity contribution >= 4 is 6.21 Å². The minimum atomic E-state index is -0.880. The average molecular weight is 116 g/mol. The zero-order valence-corrected chi connectivity index (χ0v) is 4.83. The Kier molecular flexibility index (Phi) is 2.12. The SMILES string of the molecule is CC(C)(C=NO)N=O. The van der Waals surface area contributed by atoms with Gasteiger partial charge in [-0.2, -0.15) is 0 Å². The van der Waals surface area contributed by atoms with Crippen LogP contribution in [0.4, 0.5) is 0 Å². The molecule has 0 saturated heterocycles. The van der Waals surface area contributed by atoms with Gasteiger partial charge in [-0.25, -0.2) is 0 Å². The van der Waals surface area contributed by atoms with E-state index in [4.69, 9.17) is 5.21 Å². The third kappa shape index (κ3) is 2.28. The van der Waals surface area contributed by atoms with Gasteiger partial charge in [-0.15, -0.1) is 4.91 Å². The monoisotopic (exact) mass is 116 g/mol. The van der Waals surface area contributed by atoms with Crippen molar-refractivity contribution in [1.82, 2.24) is 0 Å². The number of oxime groups is 1. The molecular weight excluding hydrogens is 108 g/mol. The molecule has 4 nitrogen and oxygen atoms in total. The van der Waals surface area contributed by atoms with Gasteiger partial charge in [-0.1, -0.05) is 10.3 Å². The van der Waals surface area contributed by atoms with Gasteiger partial charge in [0.1, 0.15) is 5.54 Å². The second-order valence-corrected chi connectivity index (χ2v) is 1.99. The van der Waals surface area contributed by atoms with Crippen LogP contribution in [0.1, 0.15) is 13.8 Å². The van der Waals surface area contributed by atoms with Crippen LogP contribution in [-0.4, -0.2) is 17.0 Å². The first kappa shape index (κ1) is 7.07. The first-order valence-electron chi connectivity index (χ1n) is 2.15. The Bertz CT molecular complexity index is 109. The fourth-order valence-electron chi connectivity index (χ4n) is 0.165. The van der Waals surface area contributed by atoms with E-state index in [-0.39, 0.29) is 0 Å². The molecule has 0 heterocycles. The smallest absolute Gasteiger partial charge is 0.135 e. The molecule has 0 atom stereocenters. The van der Waals surface area contributed by atoms with Crippen molar-refractivity contribution in [1.29, 1.82) is 0 Å². The highest BCUT2D eigenvalue weighted by atomic mass is 16.4. The molecule has 0 saturated carbocycles. The van der Waals surface area contributed by atoms with Crippen molar-refractivity contribution in [2.24, 2.45) is 10.3 Å². The Morgan fingerprint density at radius 2 is 2.12 bits per heavy atom. The number of nitroso groups, excluding NO2 is 1.